The molecule has 4 rings (SSSR count). The molecular weight excluding hydrogens is 449 g/mol. The number of benzene rings is 3. The second kappa shape index (κ2) is 9.13. The summed E-state index contributed by atoms with van der Waals surface area (Å²) in [7, 11) is 1.59. The SMILES string of the molecule is COc1cc(CNc2ccc3c(c2)OCO3)c(Cl)cc1OCc1ccc(Cl)c(Cl)c1. The van der Waals surface area contributed by atoms with Gasteiger partial charge in [-0.15, -0.1) is 0 Å². The van der Waals surface area contributed by atoms with E-state index in [1.807, 2.05) is 30.3 Å². The predicted molar refractivity (Wildman–Crippen MR) is 119 cm³/mol. The van der Waals surface area contributed by atoms with E-state index in [0.29, 0.717) is 39.7 Å². The lowest BCUT2D eigenvalue weighted by Gasteiger charge is -2.15. The van der Waals surface area contributed by atoms with E-state index in [1.54, 1.807) is 25.3 Å². The van der Waals surface area contributed by atoms with Crippen molar-refractivity contribution in [2.45, 2.75) is 13.2 Å². The van der Waals surface area contributed by atoms with Crippen molar-refractivity contribution in [3.8, 4) is 23.0 Å². The van der Waals surface area contributed by atoms with Gasteiger partial charge in [0.25, 0.3) is 0 Å². The van der Waals surface area contributed by atoms with Crippen molar-refractivity contribution in [1.29, 1.82) is 0 Å². The van der Waals surface area contributed by atoms with Crippen LogP contribution in [-0.2, 0) is 13.2 Å². The summed E-state index contributed by atoms with van der Waals surface area (Å²) in [6.07, 6.45) is 0. The summed E-state index contributed by atoms with van der Waals surface area (Å²) in [5.74, 6) is 2.58. The van der Waals surface area contributed by atoms with E-state index in [-0.39, 0.29) is 6.79 Å². The average molecular weight is 467 g/mol. The maximum absolute atomic E-state index is 6.49. The molecule has 0 bridgehead atoms. The highest BCUT2D eigenvalue weighted by atomic mass is 35.5. The molecule has 5 nitrogen and oxygen atoms in total. The minimum absolute atomic E-state index is 0.242. The number of fused-ring (bicyclic) bond motifs is 1. The summed E-state index contributed by atoms with van der Waals surface area (Å²) in [6.45, 7) is 1.05. The number of anilines is 1. The van der Waals surface area contributed by atoms with Crippen molar-refractivity contribution < 1.29 is 18.9 Å². The molecule has 156 valence electrons. The molecule has 3 aromatic rings. The molecule has 0 spiro atoms. The first-order chi connectivity index (χ1) is 14.5. The van der Waals surface area contributed by atoms with Gasteiger partial charge in [-0.05, 0) is 41.5 Å². The summed E-state index contributed by atoms with van der Waals surface area (Å²) >= 11 is 18.5. The van der Waals surface area contributed by atoms with Crippen LogP contribution in [0.25, 0.3) is 0 Å². The maximum Gasteiger partial charge on any atom is 0.231 e. The molecule has 3 aromatic carbocycles. The van der Waals surface area contributed by atoms with E-state index in [4.69, 9.17) is 53.8 Å². The van der Waals surface area contributed by atoms with Gasteiger partial charge in [-0.2, -0.15) is 0 Å². The molecule has 0 unspecified atom stereocenters. The third kappa shape index (κ3) is 4.64. The van der Waals surface area contributed by atoms with E-state index >= 15 is 0 Å². The monoisotopic (exact) mass is 465 g/mol. The predicted octanol–water partition coefficient (Wildman–Crippen LogP) is 6.58. The van der Waals surface area contributed by atoms with Gasteiger partial charge in [-0.25, -0.2) is 0 Å². The molecule has 0 atom stereocenters. The smallest absolute Gasteiger partial charge is 0.231 e. The fourth-order valence-corrected chi connectivity index (χ4v) is 3.52. The first-order valence-corrected chi connectivity index (χ1v) is 10.2. The molecule has 1 N–H and O–H groups in total. The molecule has 30 heavy (non-hydrogen) atoms. The van der Waals surface area contributed by atoms with Crippen LogP contribution in [0, 0.1) is 0 Å². The van der Waals surface area contributed by atoms with Crippen molar-refractivity contribution in [3.63, 3.8) is 0 Å². The van der Waals surface area contributed by atoms with Crippen molar-refractivity contribution in [2.24, 2.45) is 0 Å². The van der Waals surface area contributed by atoms with Crippen LogP contribution in [0.5, 0.6) is 23.0 Å². The fraction of sp³-hybridized carbons (Fsp3) is 0.182. The summed E-state index contributed by atoms with van der Waals surface area (Å²) in [5, 5.41) is 4.87. The van der Waals surface area contributed by atoms with Gasteiger partial charge in [0.05, 0.1) is 17.2 Å². The van der Waals surface area contributed by atoms with Crippen molar-refractivity contribution in [3.05, 3.63) is 74.7 Å². The van der Waals surface area contributed by atoms with Gasteiger partial charge in [0.1, 0.15) is 6.61 Å². The van der Waals surface area contributed by atoms with Gasteiger partial charge in [-0.1, -0.05) is 40.9 Å². The van der Waals surface area contributed by atoms with Crippen LogP contribution in [0.2, 0.25) is 15.1 Å². The van der Waals surface area contributed by atoms with Crippen LogP contribution in [0.1, 0.15) is 11.1 Å². The lowest BCUT2D eigenvalue weighted by atomic mass is 10.2. The Hall–Kier alpha value is -2.47. The maximum atomic E-state index is 6.49. The third-order valence-corrected chi connectivity index (χ3v) is 5.66. The van der Waals surface area contributed by atoms with Crippen molar-refractivity contribution in [2.75, 3.05) is 19.2 Å². The highest BCUT2D eigenvalue weighted by Crippen LogP contribution is 2.36. The van der Waals surface area contributed by atoms with Crippen LogP contribution >= 0.6 is 34.8 Å². The average Bonchev–Trinajstić information content (AvgIpc) is 3.21. The Labute approximate surface area is 189 Å². The third-order valence-electron chi connectivity index (χ3n) is 4.57. The molecule has 0 saturated heterocycles. The molecule has 1 heterocycles. The number of halogens is 3. The Balaban J connectivity index is 1.45. The molecule has 0 fully saturated rings. The van der Waals surface area contributed by atoms with E-state index in [1.165, 1.54) is 0 Å². The van der Waals surface area contributed by atoms with E-state index < -0.39 is 0 Å². The number of hydrogen-bond donors (Lipinski definition) is 1. The molecule has 0 aromatic heterocycles. The van der Waals surface area contributed by atoms with Crippen LogP contribution in [0.4, 0.5) is 5.69 Å². The molecule has 0 radical (unpaired) electrons. The van der Waals surface area contributed by atoms with Gasteiger partial charge >= 0.3 is 0 Å². The molecule has 0 saturated carbocycles. The summed E-state index contributed by atoms with van der Waals surface area (Å²) in [6, 6.07) is 14.6. The molecule has 8 heteroatoms. The Kier molecular flexibility index (Phi) is 6.32. The number of ether oxygens (including phenoxy) is 4. The van der Waals surface area contributed by atoms with Gasteiger partial charge in [0.15, 0.2) is 23.0 Å². The lowest BCUT2D eigenvalue weighted by molar-refractivity contribution is 0.174. The molecule has 0 aliphatic carbocycles. The van der Waals surface area contributed by atoms with E-state index in [0.717, 1.165) is 28.3 Å². The van der Waals surface area contributed by atoms with E-state index in [2.05, 4.69) is 5.32 Å². The van der Waals surface area contributed by atoms with Gasteiger partial charge in [0.2, 0.25) is 6.79 Å². The fourth-order valence-electron chi connectivity index (χ4n) is 2.98. The standard InChI is InChI=1S/C22H18Cl3NO4/c1-27-20-7-14(10-26-15-3-5-19-21(8-15)30-12-29-19)17(24)9-22(20)28-11-13-2-4-16(23)18(25)6-13/h2-9,26H,10-12H2,1H3. The number of rotatable bonds is 7. The minimum atomic E-state index is 0.242. The van der Waals surface area contributed by atoms with Crippen molar-refractivity contribution in [1.82, 2.24) is 0 Å². The molecule has 1 aliphatic heterocycles. The van der Waals surface area contributed by atoms with Crippen LogP contribution in [0.15, 0.2) is 48.5 Å². The first-order valence-electron chi connectivity index (χ1n) is 9.10. The number of nitrogens with one attached hydrogen (secondary N) is 1. The minimum Gasteiger partial charge on any atom is -0.493 e. The Bertz CT molecular complexity index is 1070. The highest BCUT2D eigenvalue weighted by Gasteiger charge is 2.14. The normalized spacial score (nSPS) is 12.0. The topological polar surface area (TPSA) is 49.0 Å². The van der Waals surface area contributed by atoms with Crippen LogP contribution in [0.3, 0.4) is 0 Å². The van der Waals surface area contributed by atoms with Crippen molar-refractivity contribution >= 4 is 40.5 Å². The number of methoxy groups -OCH3 is 1. The summed E-state index contributed by atoms with van der Waals surface area (Å²) in [4.78, 5) is 0. The Morgan fingerprint density at radius 2 is 1.70 bits per heavy atom. The largest absolute Gasteiger partial charge is 0.493 e. The molecule has 1 aliphatic rings. The summed E-state index contributed by atoms with van der Waals surface area (Å²) < 4.78 is 22.1. The second-order valence-electron chi connectivity index (χ2n) is 6.55. The van der Waals surface area contributed by atoms with Gasteiger partial charge in [0, 0.05) is 29.4 Å². The van der Waals surface area contributed by atoms with Gasteiger partial charge < -0.3 is 24.3 Å². The van der Waals surface area contributed by atoms with Gasteiger partial charge in [-0.3, -0.25) is 0 Å². The van der Waals surface area contributed by atoms with E-state index in [9.17, 15) is 0 Å². The summed E-state index contributed by atoms with van der Waals surface area (Å²) in [5.41, 5.74) is 2.65. The lowest BCUT2D eigenvalue weighted by Crippen LogP contribution is -2.03. The Morgan fingerprint density at radius 1 is 0.867 bits per heavy atom. The van der Waals surface area contributed by atoms with Crippen LogP contribution in [-0.4, -0.2) is 13.9 Å². The zero-order valence-electron chi connectivity index (χ0n) is 16.0. The zero-order valence-corrected chi connectivity index (χ0v) is 18.3. The second-order valence-corrected chi connectivity index (χ2v) is 7.77. The quantitative estimate of drug-likeness (QED) is 0.426. The first kappa shape index (κ1) is 20.8. The highest BCUT2D eigenvalue weighted by molar-refractivity contribution is 6.42. The zero-order chi connectivity index (χ0) is 21.1. The molecular formula is C22H18Cl3NO4. The molecule has 0 amide bonds. The van der Waals surface area contributed by atoms with Crippen LogP contribution < -0.4 is 24.3 Å². The number of hydrogen-bond acceptors (Lipinski definition) is 5. The Morgan fingerprint density at radius 3 is 2.50 bits per heavy atom.